The number of hydrogen-bond donors (Lipinski definition) is 1. The Kier molecular flexibility index (Phi) is 5.20. The zero-order valence-electron chi connectivity index (χ0n) is 15.7. The number of anilines is 1. The van der Waals surface area contributed by atoms with Crippen LogP contribution >= 0.6 is 0 Å². The number of nitrogens with two attached hydrogens (primary N) is 1. The summed E-state index contributed by atoms with van der Waals surface area (Å²) in [5, 5.41) is 0. The van der Waals surface area contributed by atoms with Crippen molar-refractivity contribution in [1.29, 1.82) is 0 Å². The van der Waals surface area contributed by atoms with Crippen LogP contribution in [0.1, 0.15) is 19.8 Å². The van der Waals surface area contributed by atoms with Crippen molar-refractivity contribution in [3.8, 4) is 0 Å². The van der Waals surface area contributed by atoms with Crippen molar-refractivity contribution in [3.63, 3.8) is 0 Å². The van der Waals surface area contributed by atoms with Crippen LogP contribution in [0.5, 0.6) is 0 Å². The van der Waals surface area contributed by atoms with Gasteiger partial charge in [-0.15, -0.1) is 0 Å². The third-order valence-corrected chi connectivity index (χ3v) is 5.75. The van der Waals surface area contributed by atoms with E-state index in [4.69, 9.17) is 10.5 Å². The number of likely N-dealkylation sites (N-methyl/N-ethyl adjacent to an activating group) is 1. The molecule has 0 saturated carbocycles. The minimum atomic E-state index is -0.679. The molecule has 0 aliphatic carbocycles. The first kappa shape index (κ1) is 18.7. The lowest BCUT2D eigenvalue weighted by Gasteiger charge is -2.44. The van der Waals surface area contributed by atoms with Crippen LogP contribution in [0.25, 0.3) is 0 Å². The van der Waals surface area contributed by atoms with E-state index in [2.05, 4.69) is 4.90 Å². The van der Waals surface area contributed by atoms with Gasteiger partial charge < -0.3 is 25.2 Å². The number of benzene rings is 1. The quantitative estimate of drug-likeness (QED) is 0.853. The maximum Gasteiger partial charge on any atom is 0.249 e. The molecule has 2 aliphatic heterocycles. The molecule has 1 spiro atoms. The Bertz CT molecular complexity index is 658. The van der Waals surface area contributed by atoms with Crippen molar-refractivity contribution in [2.75, 3.05) is 38.8 Å². The molecule has 2 N–H and O–H groups in total. The zero-order valence-corrected chi connectivity index (χ0v) is 15.7. The summed E-state index contributed by atoms with van der Waals surface area (Å²) in [5.74, 6) is 0.0160. The molecule has 26 heavy (non-hydrogen) atoms. The van der Waals surface area contributed by atoms with Crippen LogP contribution in [0.2, 0.25) is 0 Å². The van der Waals surface area contributed by atoms with E-state index < -0.39 is 11.6 Å². The summed E-state index contributed by atoms with van der Waals surface area (Å²) in [6.45, 7) is 3.40. The number of amides is 2. The van der Waals surface area contributed by atoms with Gasteiger partial charge >= 0.3 is 0 Å². The van der Waals surface area contributed by atoms with Gasteiger partial charge in [0.25, 0.3) is 0 Å². The fourth-order valence-corrected chi connectivity index (χ4v) is 3.96. The largest absolute Gasteiger partial charge is 0.380 e. The van der Waals surface area contributed by atoms with Gasteiger partial charge in [0.1, 0.15) is 11.6 Å². The molecule has 0 radical (unpaired) electrons. The number of para-hydroxylation sites is 1. The van der Waals surface area contributed by atoms with Crippen LogP contribution in [-0.4, -0.2) is 73.2 Å². The summed E-state index contributed by atoms with van der Waals surface area (Å²) >= 11 is 0. The molecular weight excluding hydrogens is 332 g/mol. The van der Waals surface area contributed by atoms with Crippen LogP contribution < -0.4 is 10.6 Å². The molecule has 2 saturated heterocycles. The standard InChI is InChI=1S/C19H28N4O3/c1-14(26-3)16(20)17(24)22-11-9-19(10-12-22)18(25)21(2)13-23(19)15-7-5-4-6-8-15/h4-8,14,16H,9-13,20H2,1-3H3. The van der Waals surface area contributed by atoms with Gasteiger partial charge in [-0.1, -0.05) is 18.2 Å². The van der Waals surface area contributed by atoms with Crippen molar-refractivity contribution in [3.05, 3.63) is 30.3 Å². The summed E-state index contributed by atoms with van der Waals surface area (Å²) in [6, 6.07) is 9.31. The number of methoxy groups -OCH3 is 1. The molecule has 2 fully saturated rings. The van der Waals surface area contributed by atoms with E-state index in [0.29, 0.717) is 32.6 Å². The summed E-state index contributed by atoms with van der Waals surface area (Å²) in [4.78, 5) is 31.3. The first-order chi connectivity index (χ1) is 12.4. The fourth-order valence-electron chi connectivity index (χ4n) is 3.96. The molecule has 7 heteroatoms. The number of rotatable bonds is 4. The highest BCUT2D eigenvalue weighted by molar-refractivity contribution is 5.94. The van der Waals surface area contributed by atoms with Crippen molar-refractivity contribution < 1.29 is 14.3 Å². The average Bonchev–Trinajstić information content (AvgIpc) is 2.92. The van der Waals surface area contributed by atoms with E-state index in [1.807, 2.05) is 37.4 Å². The van der Waals surface area contributed by atoms with E-state index in [0.717, 1.165) is 5.69 Å². The number of piperidine rings is 1. The third-order valence-electron chi connectivity index (χ3n) is 5.75. The van der Waals surface area contributed by atoms with Crippen molar-refractivity contribution in [1.82, 2.24) is 9.80 Å². The predicted octanol–water partition coefficient (Wildman–Crippen LogP) is 0.646. The van der Waals surface area contributed by atoms with Crippen molar-refractivity contribution >= 4 is 17.5 Å². The molecule has 142 valence electrons. The minimum absolute atomic E-state index is 0.112. The van der Waals surface area contributed by atoms with Crippen molar-refractivity contribution in [2.24, 2.45) is 5.73 Å². The first-order valence-corrected chi connectivity index (χ1v) is 9.06. The number of ether oxygens (including phenoxy) is 1. The normalized spacial score (nSPS) is 22.0. The Morgan fingerprint density at radius 1 is 1.23 bits per heavy atom. The lowest BCUT2D eigenvalue weighted by molar-refractivity contribution is -0.140. The first-order valence-electron chi connectivity index (χ1n) is 9.06. The van der Waals surface area contributed by atoms with Gasteiger partial charge in [-0.05, 0) is 31.9 Å². The van der Waals surface area contributed by atoms with E-state index in [-0.39, 0.29) is 17.9 Å². The predicted molar refractivity (Wildman–Crippen MR) is 99.5 cm³/mol. The summed E-state index contributed by atoms with van der Waals surface area (Å²) in [7, 11) is 3.38. The molecular formula is C19H28N4O3. The number of likely N-dealkylation sites (tertiary alicyclic amines) is 1. The number of carbonyl (C=O) groups excluding carboxylic acids is 2. The molecule has 2 aliphatic rings. The Balaban J connectivity index is 1.77. The van der Waals surface area contributed by atoms with Gasteiger partial charge in [0.15, 0.2) is 0 Å². The Morgan fingerprint density at radius 2 is 1.85 bits per heavy atom. The highest BCUT2D eigenvalue weighted by Crippen LogP contribution is 2.38. The summed E-state index contributed by atoms with van der Waals surface area (Å²) < 4.78 is 5.18. The van der Waals surface area contributed by atoms with E-state index in [9.17, 15) is 9.59 Å². The van der Waals surface area contributed by atoms with E-state index in [1.54, 1.807) is 23.8 Å². The highest BCUT2D eigenvalue weighted by atomic mass is 16.5. The van der Waals surface area contributed by atoms with Crippen LogP contribution in [0.4, 0.5) is 5.69 Å². The minimum Gasteiger partial charge on any atom is -0.380 e. The number of hydrogen-bond acceptors (Lipinski definition) is 5. The Hall–Kier alpha value is -2.12. The summed E-state index contributed by atoms with van der Waals surface area (Å²) in [6.07, 6.45) is 0.869. The molecule has 1 aromatic rings. The fraction of sp³-hybridized carbons (Fsp3) is 0.579. The number of nitrogens with zero attached hydrogens (tertiary/aromatic N) is 3. The van der Waals surface area contributed by atoms with Crippen LogP contribution in [-0.2, 0) is 14.3 Å². The van der Waals surface area contributed by atoms with Gasteiger partial charge in [0.05, 0.1) is 12.8 Å². The number of carbonyl (C=O) groups is 2. The topological polar surface area (TPSA) is 79.1 Å². The molecule has 2 amide bonds. The SMILES string of the molecule is COC(C)C(N)C(=O)N1CCC2(CC1)C(=O)N(C)CN2c1ccccc1. The maximum atomic E-state index is 13.0. The van der Waals surface area contributed by atoms with Gasteiger partial charge in [-0.2, -0.15) is 0 Å². The summed E-state index contributed by atoms with van der Waals surface area (Å²) in [5.41, 5.74) is 6.47. The second kappa shape index (κ2) is 7.25. The monoisotopic (exact) mass is 360 g/mol. The molecule has 2 heterocycles. The average molecular weight is 360 g/mol. The third kappa shape index (κ3) is 3.05. The second-order valence-electron chi connectivity index (χ2n) is 7.23. The molecule has 1 aromatic carbocycles. The Labute approximate surface area is 154 Å². The zero-order chi connectivity index (χ0) is 18.9. The van der Waals surface area contributed by atoms with Crippen LogP contribution in [0.15, 0.2) is 30.3 Å². The van der Waals surface area contributed by atoms with Gasteiger partial charge in [-0.25, -0.2) is 0 Å². The van der Waals surface area contributed by atoms with Crippen LogP contribution in [0.3, 0.4) is 0 Å². The van der Waals surface area contributed by atoms with Gasteiger partial charge in [-0.3, -0.25) is 9.59 Å². The van der Waals surface area contributed by atoms with Gasteiger partial charge in [0, 0.05) is 32.9 Å². The van der Waals surface area contributed by atoms with Gasteiger partial charge in [0.2, 0.25) is 11.8 Å². The smallest absolute Gasteiger partial charge is 0.249 e. The molecule has 7 nitrogen and oxygen atoms in total. The van der Waals surface area contributed by atoms with E-state index >= 15 is 0 Å². The van der Waals surface area contributed by atoms with Crippen molar-refractivity contribution in [2.45, 2.75) is 37.5 Å². The lowest BCUT2D eigenvalue weighted by atomic mass is 9.85. The van der Waals surface area contributed by atoms with E-state index in [1.165, 1.54) is 0 Å². The molecule has 0 aromatic heterocycles. The molecule has 2 atom stereocenters. The molecule has 3 rings (SSSR count). The second-order valence-corrected chi connectivity index (χ2v) is 7.23. The lowest BCUT2D eigenvalue weighted by Crippen LogP contribution is -2.59. The molecule has 2 unspecified atom stereocenters. The van der Waals surface area contributed by atoms with Crippen LogP contribution in [0, 0.1) is 0 Å². The molecule has 0 bridgehead atoms. The Morgan fingerprint density at radius 3 is 2.42 bits per heavy atom. The highest BCUT2D eigenvalue weighted by Gasteiger charge is 2.53. The maximum absolute atomic E-state index is 13.0.